The second-order valence-corrected chi connectivity index (χ2v) is 9.63. The van der Waals surface area contributed by atoms with Crippen molar-refractivity contribution in [2.75, 3.05) is 0 Å². The molecule has 150 valence electrons. The van der Waals surface area contributed by atoms with E-state index in [1.807, 2.05) is 72.8 Å². The van der Waals surface area contributed by atoms with Crippen molar-refractivity contribution < 1.29 is 10.2 Å². The Balaban J connectivity index is 1.88. The molecule has 2 N–H and O–H groups in total. The number of hydrogen-bond acceptors (Lipinski definition) is 2. The van der Waals surface area contributed by atoms with Crippen molar-refractivity contribution in [3.05, 3.63) is 127 Å². The minimum atomic E-state index is -1.34. The Morgan fingerprint density at radius 3 is 1.43 bits per heavy atom. The van der Waals surface area contributed by atoms with Gasteiger partial charge in [-0.25, -0.2) is 0 Å². The van der Waals surface area contributed by atoms with Crippen LogP contribution in [-0.4, -0.2) is 10.2 Å². The molecule has 30 heavy (non-hydrogen) atoms. The Labute approximate surface area is 192 Å². The first-order valence-electron chi connectivity index (χ1n) is 9.94. The van der Waals surface area contributed by atoms with E-state index < -0.39 is 11.2 Å². The molecule has 4 heteroatoms. The van der Waals surface area contributed by atoms with Gasteiger partial charge in [0.15, 0.2) is 0 Å². The molecular weight excluding hydrogens is 504 g/mol. The van der Waals surface area contributed by atoms with Gasteiger partial charge in [-0.05, 0) is 70.5 Å². The molecule has 2 aliphatic rings. The maximum atomic E-state index is 12.3. The fraction of sp³-hybridized carbons (Fsp3) is 0.154. The van der Waals surface area contributed by atoms with Crippen molar-refractivity contribution >= 4 is 31.9 Å². The van der Waals surface area contributed by atoms with Gasteiger partial charge in [-0.15, -0.1) is 0 Å². The Hall–Kier alpha value is -1.98. The van der Waals surface area contributed by atoms with Gasteiger partial charge in [-0.2, -0.15) is 0 Å². The first kappa shape index (κ1) is 20.0. The van der Waals surface area contributed by atoms with Gasteiger partial charge in [0.1, 0.15) is 11.2 Å². The summed E-state index contributed by atoms with van der Waals surface area (Å²) >= 11 is 7.10. The number of allylic oxidation sites excluding steroid dienone is 2. The molecule has 2 nitrogen and oxygen atoms in total. The van der Waals surface area contributed by atoms with Crippen LogP contribution in [0.3, 0.4) is 0 Å². The van der Waals surface area contributed by atoms with Crippen LogP contribution in [-0.2, 0) is 11.2 Å². The van der Waals surface area contributed by atoms with Gasteiger partial charge >= 0.3 is 0 Å². The minimum Gasteiger partial charge on any atom is -0.376 e. The van der Waals surface area contributed by atoms with Crippen molar-refractivity contribution in [2.45, 2.75) is 24.0 Å². The lowest BCUT2D eigenvalue weighted by Crippen LogP contribution is -2.46. The predicted octanol–water partition coefficient (Wildman–Crippen LogP) is 6.34. The molecule has 5 rings (SSSR count). The highest BCUT2D eigenvalue weighted by molar-refractivity contribution is 9.10. The van der Waals surface area contributed by atoms with Crippen molar-refractivity contribution in [2.24, 2.45) is 0 Å². The zero-order valence-corrected chi connectivity index (χ0v) is 19.3. The van der Waals surface area contributed by atoms with Gasteiger partial charge in [-0.3, -0.25) is 0 Å². The van der Waals surface area contributed by atoms with E-state index >= 15 is 0 Å². The van der Waals surface area contributed by atoms with Gasteiger partial charge < -0.3 is 10.2 Å². The lowest BCUT2D eigenvalue weighted by Gasteiger charge is -2.48. The lowest BCUT2D eigenvalue weighted by atomic mass is 9.60. The average Bonchev–Trinajstić information content (AvgIpc) is 2.77. The van der Waals surface area contributed by atoms with E-state index in [1.165, 1.54) is 0 Å². The van der Waals surface area contributed by atoms with Crippen LogP contribution in [0.5, 0.6) is 0 Å². The van der Waals surface area contributed by atoms with Crippen LogP contribution in [0, 0.1) is 0 Å². The van der Waals surface area contributed by atoms with Gasteiger partial charge in [0.05, 0.1) is 0 Å². The quantitative estimate of drug-likeness (QED) is 0.411. The molecule has 3 aromatic carbocycles. The molecule has 0 radical (unpaired) electrons. The summed E-state index contributed by atoms with van der Waals surface area (Å²) in [6, 6.07) is 23.2. The molecule has 2 aliphatic carbocycles. The summed E-state index contributed by atoms with van der Waals surface area (Å²) in [5.74, 6) is 0. The Bertz CT molecular complexity index is 1120. The summed E-state index contributed by atoms with van der Waals surface area (Å²) in [6.07, 6.45) is 5.81. The number of benzene rings is 3. The fourth-order valence-electron chi connectivity index (χ4n) is 4.81. The summed E-state index contributed by atoms with van der Waals surface area (Å²) < 4.78 is 1.81. The molecular formula is C26H20Br2O2. The molecule has 0 spiro atoms. The van der Waals surface area contributed by atoms with E-state index in [4.69, 9.17) is 0 Å². The molecule has 2 unspecified atom stereocenters. The maximum Gasteiger partial charge on any atom is 0.141 e. The zero-order chi connectivity index (χ0) is 20.9. The second kappa shape index (κ2) is 7.31. The molecule has 0 aliphatic heterocycles. The molecule has 0 saturated carbocycles. The van der Waals surface area contributed by atoms with E-state index in [1.54, 1.807) is 0 Å². The summed E-state index contributed by atoms with van der Waals surface area (Å²) in [5.41, 5.74) is 1.79. The van der Waals surface area contributed by atoms with Crippen molar-refractivity contribution in [3.8, 4) is 0 Å². The van der Waals surface area contributed by atoms with Gasteiger partial charge in [0.25, 0.3) is 0 Å². The van der Waals surface area contributed by atoms with E-state index in [-0.39, 0.29) is 0 Å². The SMILES string of the molecule is OC1(c2cccc(Br)c2)C2=CCCC=C2C(O)(c2cccc(Br)c2)c2ccccc21. The zero-order valence-electron chi connectivity index (χ0n) is 16.1. The minimum absolute atomic E-state index is 0.705. The highest BCUT2D eigenvalue weighted by Gasteiger charge is 2.53. The lowest BCUT2D eigenvalue weighted by molar-refractivity contribution is 0.0669. The first-order chi connectivity index (χ1) is 14.5. The van der Waals surface area contributed by atoms with Gasteiger partial charge in [-0.1, -0.05) is 92.5 Å². The van der Waals surface area contributed by atoms with Crippen LogP contribution < -0.4 is 0 Å². The van der Waals surface area contributed by atoms with E-state index in [2.05, 4.69) is 44.0 Å². The third-order valence-electron chi connectivity index (χ3n) is 6.12. The third-order valence-corrected chi connectivity index (χ3v) is 7.11. The molecule has 0 amide bonds. The summed E-state index contributed by atoms with van der Waals surface area (Å²) in [4.78, 5) is 0. The Kier molecular flexibility index (Phi) is 4.86. The summed E-state index contributed by atoms with van der Waals surface area (Å²) in [6.45, 7) is 0. The molecule has 0 fully saturated rings. The number of aliphatic hydroxyl groups is 2. The third kappa shape index (κ3) is 2.82. The van der Waals surface area contributed by atoms with Crippen molar-refractivity contribution in [3.63, 3.8) is 0 Å². The van der Waals surface area contributed by atoms with Crippen LogP contribution in [0.1, 0.15) is 35.1 Å². The highest BCUT2D eigenvalue weighted by Crippen LogP contribution is 2.56. The smallest absolute Gasteiger partial charge is 0.141 e. The molecule has 0 heterocycles. The number of halogens is 2. The molecule has 3 aromatic rings. The fourth-order valence-corrected chi connectivity index (χ4v) is 5.61. The van der Waals surface area contributed by atoms with Crippen LogP contribution in [0.25, 0.3) is 0 Å². The van der Waals surface area contributed by atoms with Gasteiger partial charge in [0.2, 0.25) is 0 Å². The second-order valence-electron chi connectivity index (χ2n) is 7.80. The van der Waals surface area contributed by atoms with Gasteiger partial charge in [0, 0.05) is 8.95 Å². The Morgan fingerprint density at radius 2 is 1.03 bits per heavy atom. The first-order valence-corrected chi connectivity index (χ1v) is 11.5. The molecule has 0 saturated heterocycles. The normalized spacial score (nSPS) is 25.1. The van der Waals surface area contributed by atoms with Crippen LogP contribution in [0.4, 0.5) is 0 Å². The van der Waals surface area contributed by atoms with E-state index in [0.29, 0.717) is 11.1 Å². The van der Waals surface area contributed by atoms with Crippen LogP contribution in [0.15, 0.2) is 105 Å². The number of rotatable bonds is 2. The predicted molar refractivity (Wildman–Crippen MR) is 126 cm³/mol. The van der Waals surface area contributed by atoms with Crippen LogP contribution in [0.2, 0.25) is 0 Å². The van der Waals surface area contributed by atoms with Crippen molar-refractivity contribution in [1.29, 1.82) is 0 Å². The molecule has 2 atom stereocenters. The summed E-state index contributed by atoms with van der Waals surface area (Å²) in [7, 11) is 0. The average molecular weight is 524 g/mol. The van der Waals surface area contributed by atoms with E-state index in [0.717, 1.165) is 44.1 Å². The monoisotopic (exact) mass is 522 g/mol. The topological polar surface area (TPSA) is 40.5 Å². The number of hydrogen-bond donors (Lipinski definition) is 2. The van der Waals surface area contributed by atoms with Crippen molar-refractivity contribution in [1.82, 2.24) is 0 Å². The number of fused-ring (bicyclic) bond motifs is 2. The maximum absolute atomic E-state index is 12.3. The standard InChI is InChI=1S/C26H20Br2O2/c27-19-9-5-7-17(15-19)25(29)21-11-1-2-12-22(21)26(30,18-8-6-10-20(28)16-18)24-14-4-3-13-23(24)25/h1-2,5-16,29-30H,3-4H2. The molecule has 0 aromatic heterocycles. The highest BCUT2D eigenvalue weighted by atomic mass is 79.9. The van der Waals surface area contributed by atoms with Crippen LogP contribution >= 0.6 is 31.9 Å². The largest absolute Gasteiger partial charge is 0.376 e. The van der Waals surface area contributed by atoms with E-state index in [9.17, 15) is 10.2 Å². The molecule has 0 bridgehead atoms. The summed E-state index contributed by atoms with van der Waals surface area (Å²) in [5, 5.41) is 24.6. The Morgan fingerprint density at radius 1 is 0.600 bits per heavy atom.